The topological polar surface area (TPSA) is 55.4 Å². The van der Waals surface area contributed by atoms with Gasteiger partial charge in [0.1, 0.15) is 0 Å². The van der Waals surface area contributed by atoms with E-state index >= 15 is 0 Å². The fourth-order valence-corrected chi connectivity index (χ4v) is 1.26. The van der Waals surface area contributed by atoms with Gasteiger partial charge in [-0.05, 0) is 19.4 Å². The van der Waals surface area contributed by atoms with Crippen LogP contribution in [0.2, 0.25) is 0 Å². The Hall–Kier alpha value is -2.10. The van der Waals surface area contributed by atoms with E-state index in [4.69, 9.17) is 4.74 Å². The van der Waals surface area contributed by atoms with Crippen molar-refractivity contribution in [2.24, 2.45) is 0 Å². The molecule has 96 valence electrons. The van der Waals surface area contributed by atoms with Gasteiger partial charge in [-0.25, -0.2) is 4.79 Å². The maximum Gasteiger partial charge on any atom is 0.331 e. The highest BCUT2D eigenvalue weighted by Crippen LogP contribution is 1.97. The number of amides is 1. The van der Waals surface area contributed by atoms with Gasteiger partial charge in [0.25, 0.3) is 0 Å². The number of carbonyl (C=O) groups excluding carboxylic acids is 2. The Morgan fingerprint density at radius 1 is 1.22 bits per heavy atom. The molecule has 4 nitrogen and oxygen atoms in total. The fourth-order valence-electron chi connectivity index (χ4n) is 1.26. The predicted octanol–water partition coefficient (Wildman–Crippen LogP) is 1.81. The van der Waals surface area contributed by atoms with E-state index < -0.39 is 5.97 Å². The molecule has 0 radical (unpaired) electrons. The van der Waals surface area contributed by atoms with Crippen molar-refractivity contribution in [3.63, 3.8) is 0 Å². The van der Waals surface area contributed by atoms with Crippen molar-refractivity contribution in [1.29, 1.82) is 0 Å². The summed E-state index contributed by atoms with van der Waals surface area (Å²) < 4.78 is 4.86. The Morgan fingerprint density at radius 2 is 1.89 bits per heavy atom. The summed E-state index contributed by atoms with van der Waals surface area (Å²) in [6.07, 6.45) is 2.11. The zero-order chi connectivity index (χ0) is 13.4. The summed E-state index contributed by atoms with van der Waals surface area (Å²) in [5.74, 6) is -0.834. The van der Waals surface area contributed by atoms with Crippen molar-refractivity contribution >= 4 is 11.9 Å². The third kappa shape index (κ3) is 5.84. The second-order valence-electron chi connectivity index (χ2n) is 4.02. The molecule has 1 rings (SSSR count). The molecule has 0 aliphatic carbocycles. The van der Waals surface area contributed by atoms with Crippen molar-refractivity contribution in [3.05, 3.63) is 48.0 Å². The van der Waals surface area contributed by atoms with Gasteiger partial charge >= 0.3 is 5.97 Å². The van der Waals surface area contributed by atoms with Crippen LogP contribution in [0.25, 0.3) is 0 Å². The molecule has 0 aromatic heterocycles. The number of esters is 1. The smallest absolute Gasteiger partial charge is 0.331 e. The summed E-state index contributed by atoms with van der Waals surface area (Å²) in [6.45, 7) is 3.94. The first-order valence-electron chi connectivity index (χ1n) is 5.78. The van der Waals surface area contributed by atoms with Crippen LogP contribution in [0.1, 0.15) is 19.4 Å². The van der Waals surface area contributed by atoms with Crippen LogP contribution in [0.5, 0.6) is 0 Å². The molecule has 18 heavy (non-hydrogen) atoms. The monoisotopic (exact) mass is 247 g/mol. The molecule has 0 aliphatic rings. The number of hydrogen-bond acceptors (Lipinski definition) is 3. The van der Waals surface area contributed by atoms with Gasteiger partial charge in [0, 0.05) is 18.7 Å². The van der Waals surface area contributed by atoms with E-state index in [2.05, 4.69) is 5.32 Å². The van der Waals surface area contributed by atoms with Gasteiger partial charge in [-0.15, -0.1) is 0 Å². The average molecular weight is 247 g/mol. The van der Waals surface area contributed by atoms with Gasteiger partial charge in [0.05, 0.1) is 6.10 Å². The molecule has 1 N–H and O–H groups in total. The van der Waals surface area contributed by atoms with Gasteiger partial charge in [-0.2, -0.15) is 0 Å². The highest BCUT2D eigenvalue weighted by molar-refractivity contribution is 5.94. The zero-order valence-corrected chi connectivity index (χ0v) is 10.6. The highest BCUT2D eigenvalue weighted by Gasteiger charge is 2.01. The van der Waals surface area contributed by atoms with Crippen LogP contribution < -0.4 is 5.32 Å². The van der Waals surface area contributed by atoms with E-state index in [0.29, 0.717) is 6.54 Å². The minimum Gasteiger partial charge on any atom is -0.460 e. The van der Waals surface area contributed by atoms with Crippen LogP contribution >= 0.6 is 0 Å². The van der Waals surface area contributed by atoms with Crippen molar-refractivity contribution in [2.75, 3.05) is 0 Å². The maximum atomic E-state index is 11.4. The summed E-state index contributed by atoms with van der Waals surface area (Å²) in [5.41, 5.74) is 1.00. The molecule has 0 saturated heterocycles. The normalized spacial score (nSPS) is 10.6. The second kappa shape index (κ2) is 7.27. The zero-order valence-electron chi connectivity index (χ0n) is 10.6. The van der Waals surface area contributed by atoms with Crippen LogP contribution in [0.3, 0.4) is 0 Å². The lowest BCUT2D eigenvalue weighted by Gasteiger charge is -2.04. The molecule has 0 unspecified atom stereocenters. The minimum atomic E-state index is -0.514. The molecule has 1 aromatic rings. The standard InChI is InChI=1S/C14H17NO3/c1-11(2)18-14(17)9-8-13(16)15-10-12-6-4-3-5-7-12/h3-9,11H,10H2,1-2H3,(H,15,16)/b9-8-. The van der Waals surface area contributed by atoms with E-state index in [1.165, 1.54) is 6.08 Å². The molecule has 0 bridgehead atoms. The molecule has 0 aliphatic heterocycles. The lowest BCUT2D eigenvalue weighted by atomic mass is 10.2. The highest BCUT2D eigenvalue weighted by atomic mass is 16.5. The van der Waals surface area contributed by atoms with Crippen LogP contribution in [-0.2, 0) is 20.9 Å². The molecular formula is C14H17NO3. The SMILES string of the molecule is CC(C)OC(=O)/C=C\C(=O)NCc1ccccc1. The van der Waals surface area contributed by atoms with Crippen molar-refractivity contribution in [1.82, 2.24) is 5.32 Å². The number of benzene rings is 1. The third-order valence-corrected chi connectivity index (χ3v) is 2.03. The lowest BCUT2D eigenvalue weighted by molar-refractivity contribution is -0.141. The van der Waals surface area contributed by atoms with E-state index in [9.17, 15) is 9.59 Å². The van der Waals surface area contributed by atoms with Crippen molar-refractivity contribution in [2.45, 2.75) is 26.5 Å². The first-order valence-corrected chi connectivity index (χ1v) is 5.78. The summed E-state index contributed by atoms with van der Waals surface area (Å²) in [4.78, 5) is 22.5. The van der Waals surface area contributed by atoms with Crippen LogP contribution in [-0.4, -0.2) is 18.0 Å². The molecule has 0 atom stereocenters. The Labute approximate surface area is 107 Å². The minimum absolute atomic E-state index is 0.186. The van der Waals surface area contributed by atoms with E-state index in [1.807, 2.05) is 30.3 Å². The first kappa shape index (κ1) is 14.0. The first-order chi connectivity index (χ1) is 8.58. The summed E-state index contributed by atoms with van der Waals surface area (Å²) >= 11 is 0. The van der Waals surface area contributed by atoms with Gasteiger partial charge in [-0.3, -0.25) is 4.79 Å². The third-order valence-electron chi connectivity index (χ3n) is 2.03. The number of ether oxygens (including phenoxy) is 1. The predicted molar refractivity (Wildman–Crippen MR) is 68.7 cm³/mol. The molecule has 1 aromatic carbocycles. The summed E-state index contributed by atoms with van der Waals surface area (Å²) in [7, 11) is 0. The summed E-state index contributed by atoms with van der Waals surface area (Å²) in [5, 5.41) is 2.67. The largest absolute Gasteiger partial charge is 0.460 e. The maximum absolute atomic E-state index is 11.4. The lowest BCUT2D eigenvalue weighted by Crippen LogP contribution is -2.20. The average Bonchev–Trinajstić information content (AvgIpc) is 2.34. The molecule has 0 heterocycles. The van der Waals surface area contributed by atoms with E-state index in [1.54, 1.807) is 13.8 Å². The summed E-state index contributed by atoms with van der Waals surface area (Å²) in [6, 6.07) is 9.54. The quantitative estimate of drug-likeness (QED) is 0.637. The van der Waals surface area contributed by atoms with Crippen molar-refractivity contribution in [3.8, 4) is 0 Å². The van der Waals surface area contributed by atoms with E-state index in [0.717, 1.165) is 11.6 Å². The molecule has 0 spiro atoms. The molecule has 0 fully saturated rings. The van der Waals surface area contributed by atoms with Gasteiger partial charge in [0.2, 0.25) is 5.91 Å². The fraction of sp³-hybridized carbons (Fsp3) is 0.286. The van der Waals surface area contributed by atoms with Gasteiger partial charge in [-0.1, -0.05) is 30.3 Å². The Morgan fingerprint density at radius 3 is 2.50 bits per heavy atom. The molecule has 1 amide bonds. The Kier molecular flexibility index (Phi) is 5.64. The number of hydrogen-bond donors (Lipinski definition) is 1. The van der Waals surface area contributed by atoms with Gasteiger partial charge in [0.15, 0.2) is 0 Å². The number of nitrogens with one attached hydrogen (secondary N) is 1. The molecular weight excluding hydrogens is 230 g/mol. The van der Waals surface area contributed by atoms with Crippen molar-refractivity contribution < 1.29 is 14.3 Å². The molecule has 0 saturated carbocycles. The van der Waals surface area contributed by atoms with E-state index in [-0.39, 0.29) is 12.0 Å². The van der Waals surface area contributed by atoms with Crippen LogP contribution in [0.4, 0.5) is 0 Å². The van der Waals surface area contributed by atoms with Crippen LogP contribution in [0, 0.1) is 0 Å². The second-order valence-corrected chi connectivity index (χ2v) is 4.02. The molecule has 4 heteroatoms. The number of carbonyl (C=O) groups is 2. The van der Waals surface area contributed by atoms with Gasteiger partial charge < -0.3 is 10.1 Å². The Balaban J connectivity index is 2.34. The van der Waals surface area contributed by atoms with Crippen LogP contribution in [0.15, 0.2) is 42.5 Å². The Bertz CT molecular complexity index is 424. The number of rotatable bonds is 5.